The first-order valence-corrected chi connectivity index (χ1v) is 19.9. The van der Waals surface area contributed by atoms with Crippen LogP contribution in [0.4, 0.5) is 17.1 Å². The molecule has 0 saturated heterocycles. The molecule has 0 fully saturated rings. The van der Waals surface area contributed by atoms with Crippen LogP contribution >= 0.6 is 0 Å². The van der Waals surface area contributed by atoms with Crippen molar-refractivity contribution in [3.8, 4) is 39.1 Å². The summed E-state index contributed by atoms with van der Waals surface area (Å²) in [5.74, 6) is 0. The molecule has 0 atom stereocenters. The molecule has 11 rings (SSSR count). The van der Waals surface area contributed by atoms with E-state index in [1.54, 1.807) is 0 Å². The summed E-state index contributed by atoms with van der Waals surface area (Å²) in [6, 6.07) is 83.5. The largest absolute Gasteiger partial charge is 0.311 e. The fraction of sp³-hybridized carbons (Fsp3) is 0. The number of hydrogen-bond donors (Lipinski definition) is 0. The van der Waals surface area contributed by atoms with E-state index in [2.05, 4.69) is 240 Å². The van der Waals surface area contributed by atoms with Gasteiger partial charge in [-0.05, 0) is 116 Å². The van der Waals surface area contributed by atoms with E-state index < -0.39 is 0 Å². The van der Waals surface area contributed by atoms with Crippen LogP contribution in [-0.2, 0) is 0 Å². The third kappa shape index (κ3) is 5.66. The van der Waals surface area contributed by atoms with Crippen molar-refractivity contribution in [2.75, 3.05) is 4.90 Å². The van der Waals surface area contributed by atoms with Crippen LogP contribution in [0.15, 0.2) is 231 Å². The molecule has 0 unspecified atom stereocenters. The van der Waals surface area contributed by atoms with Crippen LogP contribution in [0, 0.1) is 0 Å². The first-order valence-electron chi connectivity index (χ1n) is 19.9. The summed E-state index contributed by atoms with van der Waals surface area (Å²) in [5, 5.41) is 7.55. The van der Waals surface area contributed by atoms with E-state index in [4.69, 9.17) is 0 Å². The van der Waals surface area contributed by atoms with Gasteiger partial charge in [0, 0.05) is 33.5 Å². The van der Waals surface area contributed by atoms with Crippen LogP contribution < -0.4 is 4.90 Å². The molecule has 0 bridgehead atoms. The molecule has 0 spiro atoms. The van der Waals surface area contributed by atoms with E-state index in [0.717, 1.165) is 22.7 Å². The molecule has 0 N–H and O–H groups in total. The molecule has 1 heterocycles. The highest BCUT2D eigenvalue weighted by Gasteiger charge is 2.19. The number of fused-ring (bicyclic) bond motifs is 5. The topological polar surface area (TPSA) is 8.17 Å². The number of aromatic nitrogens is 1. The second kappa shape index (κ2) is 14.1. The minimum Gasteiger partial charge on any atom is -0.311 e. The Labute approximate surface area is 338 Å². The van der Waals surface area contributed by atoms with E-state index in [9.17, 15) is 0 Å². The molecule has 2 heteroatoms. The van der Waals surface area contributed by atoms with Crippen LogP contribution in [0.5, 0.6) is 0 Å². The van der Waals surface area contributed by atoms with Crippen LogP contribution in [0.3, 0.4) is 0 Å². The molecule has 0 saturated carbocycles. The molecular formula is C56H38N2. The highest BCUT2D eigenvalue weighted by atomic mass is 15.1. The van der Waals surface area contributed by atoms with Gasteiger partial charge in [0.15, 0.2) is 0 Å². The minimum atomic E-state index is 1.09. The Morgan fingerprint density at radius 1 is 0.241 bits per heavy atom. The van der Waals surface area contributed by atoms with E-state index in [1.807, 2.05) is 0 Å². The third-order valence-corrected chi connectivity index (χ3v) is 11.6. The van der Waals surface area contributed by atoms with Crippen molar-refractivity contribution in [1.29, 1.82) is 0 Å². The number of benzene rings is 10. The summed E-state index contributed by atoms with van der Waals surface area (Å²) in [5.41, 5.74) is 14.2. The Hall–Kier alpha value is -7.68. The summed E-state index contributed by atoms with van der Waals surface area (Å²) in [4.78, 5) is 2.36. The number of nitrogens with zero attached hydrogens (tertiary/aromatic N) is 2. The predicted molar refractivity (Wildman–Crippen MR) is 247 cm³/mol. The van der Waals surface area contributed by atoms with Gasteiger partial charge in [-0.1, -0.05) is 170 Å². The third-order valence-electron chi connectivity index (χ3n) is 11.6. The molecule has 2 nitrogen and oxygen atoms in total. The molecule has 1 aromatic heterocycles. The van der Waals surface area contributed by atoms with E-state index in [0.29, 0.717) is 0 Å². The van der Waals surface area contributed by atoms with Crippen molar-refractivity contribution < 1.29 is 0 Å². The smallest absolute Gasteiger partial charge is 0.0541 e. The van der Waals surface area contributed by atoms with Gasteiger partial charge in [-0.3, -0.25) is 0 Å². The fourth-order valence-corrected chi connectivity index (χ4v) is 8.96. The van der Waals surface area contributed by atoms with Gasteiger partial charge in [0.25, 0.3) is 0 Å². The van der Waals surface area contributed by atoms with Gasteiger partial charge in [0.2, 0.25) is 0 Å². The molecule has 0 aliphatic carbocycles. The zero-order chi connectivity index (χ0) is 38.4. The lowest BCUT2D eigenvalue weighted by Gasteiger charge is -2.26. The van der Waals surface area contributed by atoms with Gasteiger partial charge in [0.1, 0.15) is 0 Å². The van der Waals surface area contributed by atoms with Crippen molar-refractivity contribution in [1.82, 2.24) is 4.57 Å². The van der Waals surface area contributed by atoms with Crippen molar-refractivity contribution in [3.63, 3.8) is 0 Å². The number of anilines is 3. The molecule has 11 aromatic rings. The lowest BCUT2D eigenvalue weighted by molar-refractivity contribution is 1.17. The summed E-state index contributed by atoms with van der Waals surface area (Å²) in [7, 11) is 0. The molecule has 272 valence electrons. The molecule has 0 amide bonds. The maximum absolute atomic E-state index is 2.37. The van der Waals surface area contributed by atoms with Gasteiger partial charge in [0.05, 0.1) is 11.0 Å². The van der Waals surface area contributed by atoms with Gasteiger partial charge < -0.3 is 9.47 Å². The molecule has 10 aromatic carbocycles. The summed E-state index contributed by atoms with van der Waals surface area (Å²) in [6.45, 7) is 0. The lowest BCUT2D eigenvalue weighted by atomic mass is 9.86. The maximum atomic E-state index is 2.37. The van der Waals surface area contributed by atoms with Crippen LogP contribution in [-0.4, -0.2) is 4.57 Å². The Morgan fingerprint density at radius 2 is 0.552 bits per heavy atom. The van der Waals surface area contributed by atoms with E-state index >= 15 is 0 Å². The second-order valence-electron chi connectivity index (χ2n) is 14.9. The average Bonchev–Trinajstić information content (AvgIpc) is 3.64. The quantitative estimate of drug-likeness (QED) is 0.148. The minimum absolute atomic E-state index is 1.09. The Morgan fingerprint density at radius 3 is 1.00 bits per heavy atom. The monoisotopic (exact) mass is 738 g/mol. The Balaban J connectivity index is 1.04. The zero-order valence-electron chi connectivity index (χ0n) is 31.8. The predicted octanol–water partition coefficient (Wildman–Crippen LogP) is 15.6. The lowest BCUT2D eigenvalue weighted by Crippen LogP contribution is -2.10. The highest BCUT2D eigenvalue weighted by molar-refractivity contribution is 6.21. The molecule has 0 aliphatic rings. The van der Waals surface area contributed by atoms with Gasteiger partial charge in [-0.15, -0.1) is 0 Å². The van der Waals surface area contributed by atoms with Crippen LogP contribution in [0.1, 0.15) is 0 Å². The zero-order valence-corrected chi connectivity index (χ0v) is 31.8. The number of hydrogen-bond acceptors (Lipinski definition) is 1. The molecule has 0 aliphatic heterocycles. The normalized spacial score (nSPS) is 11.4. The first-order chi connectivity index (χ1) is 28.8. The van der Waals surface area contributed by atoms with E-state index in [1.165, 1.54) is 76.7 Å². The molecule has 58 heavy (non-hydrogen) atoms. The summed E-state index contributed by atoms with van der Waals surface area (Å²) in [6.07, 6.45) is 0. The fourth-order valence-electron chi connectivity index (χ4n) is 8.96. The van der Waals surface area contributed by atoms with Crippen molar-refractivity contribution in [2.45, 2.75) is 0 Å². The van der Waals surface area contributed by atoms with Crippen LogP contribution in [0.25, 0.3) is 82.4 Å². The number of para-hydroxylation sites is 2. The first kappa shape index (κ1) is 33.6. The average molecular weight is 739 g/mol. The van der Waals surface area contributed by atoms with Crippen molar-refractivity contribution in [3.05, 3.63) is 231 Å². The van der Waals surface area contributed by atoms with E-state index in [-0.39, 0.29) is 0 Å². The SMILES string of the molecule is c1ccc(-c2ccc(N(c3ccc(-c4c5ccccc5c(-c5ccccc5)c5ccccc45)cc3)c3ccc(-n4c5ccccc5c5ccccc54)cc3)cc2)cc1. The number of rotatable bonds is 7. The standard InChI is InChI=1S/C56H38N2/c1-3-15-39(16-4-1)40-27-31-43(32-28-40)57(45-35-37-46(38-36-45)58-53-25-13-11-19-47(53)48-20-12-14-26-54(48)58)44-33-29-42(30-34-44)56-51-23-9-7-21-49(51)55(41-17-5-2-6-18-41)50-22-8-10-24-52(50)56/h1-38H. The van der Waals surface area contributed by atoms with Crippen molar-refractivity contribution >= 4 is 60.4 Å². The summed E-state index contributed by atoms with van der Waals surface area (Å²) >= 11 is 0. The Kier molecular flexibility index (Phi) is 8.19. The van der Waals surface area contributed by atoms with Gasteiger partial charge in [-0.25, -0.2) is 0 Å². The maximum Gasteiger partial charge on any atom is 0.0541 e. The second-order valence-corrected chi connectivity index (χ2v) is 14.9. The van der Waals surface area contributed by atoms with Gasteiger partial charge >= 0.3 is 0 Å². The highest BCUT2D eigenvalue weighted by Crippen LogP contribution is 2.45. The molecule has 0 radical (unpaired) electrons. The van der Waals surface area contributed by atoms with Crippen molar-refractivity contribution in [2.24, 2.45) is 0 Å². The van der Waals surface area contributed by atoms with Crippen LogP contribution in [0.2, 0.25) is 0 Å². The van der Waals surface area contributed by atoms with Gasteiger partial charge in [-0.2, -0.15) is 0 Å². The summed E-state index contributed by atoms with van der Waals surface area (Å²) < 4.78 is 2.37. The Bertz CT molecular complexity index is 3120. The molecular weight excluding hydrogens is 701 g/mol.